The first kappa shape index (κ1) is 17.5. The molecule has 3 rings (SSSR count). The smallest absolute Gasteiger partial charge is 0.355 e. The van der Waals surface area contributed by atoms with E-state index in [-0.39, 0.29) is 17.5 Å². The van der Waals surface area contributed by atoms with Crippen molar-refractivity contribution >= 4 is 28.6 Å². The molecule has 0 radical (unpaired) electrons. The quantitative estimate of drug-likeness (QED) is 0.523. The Kier molecular flexibility index (Phi) is 4.88. The van der Waals surface area contributed by atoms with Gasteiger partial charge in [-0.1, -0.05) is 18.2 Å². The van der Waals surface area contributed by atoms with E-state index in [4.69, 9.17) is 9.15 Å². The topological polar surface area (TPSA) is 101 Å². The number of ketones is 1. The molecular weight excluding hydrogens is 336 g/mol. The molecular formula is C19H18N2O5. The van der Waals surface area contributed by atoms with Gasteiger partial charge in [0.25, 0.3) is 5.91 Å². The summed E-state index contributed by atoms with van der Waals surface area (Å²) in [6, 6.07) is 10.4. The van der Waals surface area contributed by atoms with Crippen LogP contribution in [-0.2, 0) is 9.53 Å². The van der Waals surface area contributed by atoms with Gasteiger partial charge in [-0.3, -0.25) is 9.59 Å². The first-order valence-corrected chi connectivity index (χ1v) is 8.08. The first-order valence-electron chi connectivity index (χ1n) is 8.08. The number of aromatic nitrogens is 1. The van der Waals surface area contributed by atoms with Gasteiger partial charge < -0.3 is 19.5 Å². The molecule has 0 bridgehead atoms. The number of amides is 1. The van der Waals surface area contributed by atoms with Gasteiger partial charge in [0, 0.05) is 17.1 Å². The third-order valence-corrected chi connectivity index (χ3v) is 3.89. The molecule has 0 saturated carbocycles. The van der Waals surface area contributed by atoms with E-state index in [0.29, 0.717) is 11.3 Å². The number of benzene rings is 1. The number of esters is 1. The van der Waals surface area contributed by atoms with Crippen LogP contribution in [0.4, 0.5) is 0 Å². The fourth-order valence-corrected chi connectivity index (χ4v) is 2.49. The Morgan fingerprint density at radius 2 is 2.00 bits per heavy atom. The fraction of sp³-hybridized carbons (Fsp3) is 0.211. The molecule has 0 saturated heterocycles. The third-order valence-electron chi connectivity index (χ3n) is 3.89. The normalized spacial score (nSPS) is 11.9. The van der Waals surface area contributed by atoms with Crippen LogP contribution in [0.1, 0.15) is 46.5 Å². The Morgan fingerprint density at radius 3 is 2.69 bits per heavy atom. The molecule has 2 N–H and O–H groups in total. The Balaban J connectivity index is 1.54. The molecule has 0 aliphatic heterocycles. The highest BCUT2D eigenvalue weighted by Crippen LogP contribution is 2.23. The zero-order valence-corrected chi connectivity index (χ0v) is 14.4. The second-order valence-corrected chi connectivity index (χ2v) is 5.91. The summed E-state index contributed by atoms with van der Waals surface area (Å²) >= 11 is 0. The van der Waals surface area contributed by atoms with Crippen molar-refractivity contribution in [2.45, 2.75) is 19.9 Å². The van der Waals surface area contributed by atoms with Crippen molar-refractivity contribution in [3.63, 3.8) is 0 Å². The minimum absolute atomic E-state index is 0.119. The minimum atomic E-state index is -0.705. The van der Waals surface area contributed by atoms with Crippen molar-refractivity contribution in [3.8, 4) is 0 Å². The van der Waals surface area contributed by atoms with Crippen molar-refractivity contribution in [2.75, 3.05) is 6.61 Å². The van der Waals surface area contributed by atoms with Crippen molar-refractivity contribution in [3.05, 3.63) is 59.6 Å². The van der Waals surface area contributed by atoms with Crippen molar-refractivity contribution in [2.24, 2.45) is 0 Å². The van der Waals surface area contributed by atoms with Crippen molar-refractivity contribution in [1.29, 1.82) is 0 Å². The summed E-state index contributed by atoms with van der Waals surface area (Å²) in [6.45, 7) is 2.74. The molecule has 1 aromatic carbocycles. The van der Waals surface area contributed by atoms with Gasteiger partial charge >= 0.3 is 5.97 Å². The molecule has 7 heteroatoms. The molecule has 0 unspecified atom stereocenters. The summed E-state index contributed by atoms with van der Waals surface area (Å²) < 4.78 is 10.6. The van der Waals surface area contributed by atoms with E-state index in [1.54, 1.807) is 6.92 Å². The van der Waals surface area contributed by atoms with Crippen LogP contribution in [0.5, 0.6) is 0 Å². The predicted octanol–water partition coefficient (Wildman–Crippen LogP) is 3.00. The number of hydrogen-bond donors (Lipinski definition) is 2. The van der Waals surface area contributed by atoms with E-state index in [0.717, 1.165) is 11.0 Å². The highest BCUT2D eigenvalue weighted by Gasteiger charge is 2.17. The van der Waals surface area contributed by atoms with Crippen molar-refractivity contribution in [1.82, 2.24) is 10.3 Å². The summed E-state index contributed by atoms with van der Waals surface area (Å²) in [7, 11) is 0. The SMILES string of the molecule is CC(=O)c1c[nH]c(C(=O)OCC(=O)N[C@@H](C)c2cc3ccccc3o2)c1. The zero-order valence-electron chi connectivity index (χ0n) is 14.4. The van der Waals surface area contributed by atoms with Gasteiger partial charge in [-0.15, -0.1) is 0 Å². The van der Waals surface area contributed by atoms with Gasteiger partial charge in [-0.05, 0) is 32.0 Å². The zero-order chi connectivity index (χ0) is 18.7. The second kappa shape index (κ2) is 7.26. The van der Waals surface area contributed by atoms with E-state index in [1.165, 1.54) is 19.2 Å². The van der Waals surface area contributed by atoms with Gasteiger partial charge in [0.15, 0.2) is 12.4 Å². The number of H-pyrrole nitrogens is 1. The third kappa shape index (κ3) is 3.83. The van der Waals surface area contributed by atoms with E-state index in [2.05, 4.69) is 10.3 Å². The molecule has 0 spiro atoms. The molecule has 1 amide bonds. The number of hydrogen-bond acceptors (Lipinski definition) is 5. The average molecular weight is 354 g/mol. The van der Waals surface area contributed by atoms with Crippen LogP contribution < -0.4 is 5.32 Å². The molecule has 3 aromatic rings. The number of carbonyl (C=O) groups is 3. The lowest BCUT2D eigenvalue weighted by atomic mass is 10.2. The van der Waals surface area contributed by atoms with Gasteiger partial charge in [0.2, 0.25) is 0 Å². The lowest BCUT2D eigenvalue weighted by Crippen LogP contribution is -2.31. The van der Waals surface area contributed by atoms with Gasteiger partial charge in [-0.2, -0.15) is 0 Å². The molecule has 2 heterocycles. The average Bonchev–Trinajstić information content (AvgIpc) is 3.26. The molecule has 7 nitrogen and oxygen atoms in total. The molecule has 26 heavy (non-hydrogen) atoms. The van der Waals surface area contributed by atoms with E-state index in [9.17, 15) is 14.4 Å². The van der Waals surface area contributed by atoms with Crippen LogP contribution in [0.15, 0.2) is 47.0 Å². The first-order chi connectivity index (χ1) is 12.4. The maximum absolute atomic E-state index is 12.0. The summed E-state index contributed by atoms with van der Waals surface area (Å²) in [5.41, 5.74) is 1.23. The molecule has 0 aliphatic carbocycles. The fourth-order valence-electron chi connectivity index (χ4n) is 2.49. The Morgan fingerprint density at radius 1 is 1.23 bits per heavy atom. The lowest BCUT2D eigenvalue weighted by molar-refractivity contribution is -0.125. The Hall–Kier alpha value is -3.35. The van der Waals surface area contributed by atoms with E-state index < -0.39 is 18.5 Å². The van der Waals surface area contributed by atoms with Gasteiger partial charge in [-0.25, -0.2) is 4.79 Å². The summed E-state index contributed by atoms with van der Waals surface area (Å²) in [6.07, 6.45) is 1.42. The van der Waals surface area contributed by atoms with Crippen LogP contribution in [-0.4, -0.2) is 29.3 Å². The summed E-state index contributed by atoms with van der Waals surface area (Å²) in [5.74, 6) is -0.715. The minimum Gasteiger partial charge on any atom is -0.459 e. The maximum Gasteiger partial charge on any atom is 0.355 e. The number of aromatic amines is 1. The lowest BCUT2D eigenvalue weighted by Gasteiger charge is -2.11. The number of Topliss-reactive ketones (excluding diaryl/α,β-unsaturated/α-hetero) is 1. The molecule has 0 fully saturated rings. The molecule has 2 aromatic heterocycles. The van der Waals surface area contributed by atoms with Crippen LogP contribution in [0.2, 0.25) is 0 Å². The Bertz CT molecular complexity index is 936. The van der Waals surface area contributed by atoms with Crippen LogP contribution in [0.25, 0.3) is 11.0 Å². The Labute approximate surface area is 149 Å². The highest BCUT2D eigenvalue weighted by atomic mass is 16.5. The van der Waals surface area contributed by atoms with E-state index in [1.807, 2.05) is 30.3 Å². The molecule has 1 atom stereocenters. The summed E-state index contributed by atoms with van der Waals surface area (Å²) in [5, 5.41) is 3.66. The number of carbonyl (C=O) groups excluding carboxylic acids is 3. The number of nitrogens with one attached hydrogen (secondary N) is 2. The van der Waals surface area contributed by atoms with Crippen LogP contribution >= 0.6 is 0 Å². The van der Waals surface area contributed by atoms with E-state index >= 15 is 0 Å². The predicted molar refractivity (Wildman–Crippen MR) is 93.9 cm³/mol. The van der Waals surface area contributed by atoms with Crippen LogP contribution in [0, 0.1) is 0 Å². The highest BCUT2D eigenvalue weighted by molar-refractivity contribution is 5.97. The molecule has 134 valence electrons. The monoisotopic (exact) mass is 354 g/mol. The number of rotatable bonds is 6. The second-order valence-electron chi connectivity index (χ2n) is 5.91. The maximum atomic E-state index is 12.0. The molecule has 0 aliphatic rings. The standard InChI is InChI=1S/C19H18N2O5/c1-11(17-8-13-5-3-4-6-16(13)26-17)21-18(23)10-25-19(24)15-7-14(9-20-15)12(2)22/h3-9,11,20H,10H2,1-2H3,(H,21,23)/t11-/m0/s1. The number of ether oxygens (including phenoxy) is 1. The van der Waals surface area contributed by atoms with Crippen LogP contribution in [0.3, 0.4) is 0 Å². The number of furan rings is 1. The van der Waals surface area contributed by atoms with Gasteiger partial charge in [0.1, 0.15) is 17.0 Å². The number of para-hydroxylation sites is 1. The van der Waals surface area contributed by atoms with Crippen molar-refractivity contribution < 1.29 is 23.5 Å². The summed E-state index contributed by atoms with van der Waals surface area (Å²) in [4.78, 5) is 37.8. The number of fused-ring (bicyclic) bond motifs is 1. The largest absolute Gasteiger partial charge is 0.459 e. The van der Waals surface area contributed by atoms with Gasteiger partial charge in [0.05, 0.1) is 6.04 Å².